The highest BCUT2D eigenvalue weighted by Gasteiger charge is 1.95. The van der Waals surface area contributed by atoms with E-state index >= 15 is 0 Å². The average Bonchev–Trinajstić information content (AvgIpc) is 2.11. The maximum Gasteiger partial charge on any atom is 0.0954 e. The summed E-state index contributed by atoms with van der Waals surface area (Å²) in [6.45, 7) is 2.45. The van der Waals surface area contributed by atoms with E-state index in [1.165, 1.54) is 0 Å². The van der Waals surface area contributed by atoms with Crippen molar-refractivity contribution >= 4 is 17.2 Å². The van der Waals surface area contributed by atoms with Gasteiger partial charge < -0.3 is 15.7 Å². The maximum absolute atomic E-state index is 8.65. The SMILES string of the molecule is CNC(=S)CNCCN(C)CO. The molecule has 0 aromatic heterocycles. The predicted molar refractivity (Wildman–Crippen MR) is 54.2 cm³/mol. The molecule has 0 radical (unpaired) electrons. The number of likely N-dealkylation sites (N-methyl/N-ethyl adjacent to an activating group) is 2. The Kier molecular flexibility index (Phi) is 7.28. The first-order valence-electron chi connectivity index (χ1n) is 3.91. The summed E-state index contributed by atoms with van der Waals surface area (Å²) in [5.74, 6) is 0. The van der Waals surface area contributed by atoms with Gasteiger partial charge in [0.1, 0.15) is 0 Å². The van der Waals surface area contributed by atoms with Gasteiger partial charge in [-0.3, -0.25) is 4.90 Å². The van der Waals surface area contributed by atoms with Gasteiger partial charge in [0.2, 0.25) is 0 Å². The van der Waals surface area contributed by atoms with E-state index < -0.39 is 0 Å². The van der Waals surface area contributed by atoms with Crippen molar-refractivity contribution in [2.45, 2.75) is 0 Å². The second-order valence-corrected chi connectivity index (χ2v) is 3.06. The van der Waals surface area contributed by atoms with Crippen LogP contribution in [0, 0.1) is 0 Å². The van der Waals surface area contributed by atoms with E-state index in [1.54, 1.807) is 0 Å². The molecule has 0 rings (SSSR count). The van der Waals surface area contributed by atoms with Gasteiger partial charge in [-0.15, -0.1) is 0 Å². The predicted octanol–water partition coefficient (Wildman–Crippen LogP) is -0.996. The molecule has 0 saturated carbocycles. The Morgan fingerprint density at radius 3 is 2.75 bits per heavy atom. The molecule has 0 fully saturated rings. The molecule has 0 bridgehead atoms. The highest BCUT2D eigenvalue weighted by Crippen LogP contribution is 1.75. The lowest BCUT2D eigenvalue weighted by atomic mass is 10.5. The van der Waals surface area contributed by atoms with E-state index in [1.807, 2.05) is 19.0 Å². The van der Waals surface area contributed by atoms with Crippen LogP contribution >= 0.6 is 12.2 Å². The summed E-state index contributed by atoms with van der Waals surface area (Å²) in [5.41, 5.74) is 0. The van der Waals surface area contributed by atoms with Crippen LogP contribution in [0.2, 0.25) is 0 Å². The third kappa shape index (κ3) is 6.48. The van der Waals surface area contributed by atoms with E-state index in [-0.39, 0.29) is 6.73 Å². The molecule has 72 valence electrons. The maximum atomic E-state index is 8.65. The van der Waals surface area contributed by atoms with Gasteiger partial charge in [-0.2, -0.15) is 0 Å². The number of nitrogens with one attached hydrogen (secondary N) is 2. The zero-order valence-corrected chi connectivity index (χ0v) is 8.45. The Hall–Kier alpha value is -0.230. The number of rotatable bonds is 6. The van der Waals surface area contributed by atoms with E-state index in [4.69, 9.17) is 17.3 Å². The van der Waals surface area contributed by atoms with E-state index in [9.17, 15) is 0 Å². The summed E-state index contributed by atoms with van der Waals surface area (Å²) in [7, 11) is 3.67. The van der Waals surface area contributed by atoms with Gasteiger partial charge in [0, 0.05) is 26.7 Å². The molecule has 0 aliphatic rings. The molecule has 0 aromatic rings. The summed E-state index contributed by atoms with van der Waals surface area (Å²) in [5, 5.41) is 14.7. The first-order chi connectivity index (χ1) is 5.70. The van der Waals surface area contributed by atoms with Crippen molar-refractivity contribution in [1.82, 2.24) is 15.5 Å². The monoisotopic (exact) mass is 191 g/mol. The van der Waals surface area contributed by atoms with Gasteiger partial charge in [-0.25, -0.2) is 0 Å². The minimum atomic E-state index is 0.0954. The molecule has 0 amide bonds. The van der Waals surface area contributed by atoms with Gasteiger partial charge in [0.15, 0.2) is 0 Å². The molecule has 0 saturated heterocycles. The zero-order valence-electron chi connectivity index (χ0n) is 7.63. The van der Waals surface area contributed by atoms with Crippen LogP contribution in [0.1, 0.15) is 0 Å². The molecule has 0 heterocycles. The van der Waals surface area contributed by atoms with Gasteiger partial charge in [-0.1, -0.05) is 12.2 Å². The molecule has 12 heavy (non-hydrogen) atoms. The summed E-state index contributed by atoms with van der Waals surface area (Å²) in [6, 6.07) is 0. The molecule has 0 aromatic carbocycles. The van der Waals surface area contributed by atoms with E-state index in [0.29, 0.717) is 6.54 Å². The van der Waals surface area contributed by atoms with E-state index in [0.717, 1.165) is 18.1 Å². The molecular formula is C7H17N3OS. The topological polar surface area (TPSA) is 47.5 Å². The molecule has 4 nitrogen and oxygen atoms in total. The fraction of sp³-hybridized carbons (Fsp3) is 0.857. The van der Waals surface area contributed by atoms with Gasteiger partial charge >= 0.3 is 0 Å². The third-order valence-electron chi connectivity index (χ3n) is 1.48. The fourth-order valence-corrected chi connectivity index (χ4v) is 0.733. The molecule has 0 aliphatic carbocycles. The highest BCUT2D eigenvalue weighted by molar-refractivity contribution is 7.80. The number of nitrogens with zero attached hydrogens (tertiary/aromatic N) is 1. The molecular weight excluding hydrogens is 174 g/mol. The Balaban J connectivity index is 3.15. The third-order valence-corrected chi connectivity index (χ3v) is 1.82. The lowest BCUT2D eigenvalue weighted by Gasteiger charge is -2.13. The van der Waals surface area contributed by atoms with Crippen LogP contribution in [0.4, 0.5) is 0 Å². The number of aliphatic hydroxyl groups is 1. The van der Waals surface area contributed by atoms with Crippen molar-refractivity contribution in [3.63, 3.8) is 0 Å². The Morgan fingerprint density at radius 1 is 1.58 bits per heavy atom. The van der Waals surface area contributed by atoms with Gasteiger partial charge in [0.05, 0.1) is 11.7 Å². The van der Waals surface area contributed by atoms with Crippen LogP contribution < -0.4 is 10.6 Å². The molecule has 0 aliphatic heterocycles. The summed E-state index contributed by atoms with van der Waals surface area (Å²) in [6.07, 6.45) is 0. The molecule has 0 atom stereocenters. The number of aliphatic hydroxyl groups excluding tert-OH is 1. The lowest BCUT2D eigenvalue weighted by molar-refractivity contribution is 0.134. The molecule has 0 unspecified atom stereocenters. The standard InChI is InChI=1S/C7H17N3OS/c1-8-7(12)5-9-3-4-10(2)6-11/h9,11H,3-6H2,1-2H3,(H,8,12). The Bertz CT molecular complexity index is 132. The van der Waals surface area contributed by atoms with Crippen molar-refractivity contribution in [3.8, 4) is 0 Å². The van der Waals surface area contributed by atoms with Crippen LogP contribution in [-0.4, -0.2) is 55.5 Å². The number of thiocarbonyl (C=S) groups is 1. The second-order valence-electron chi connectivity index (χ2n) is 2.57. The minimum absolute atomic E-state index is 0.0954. The molecule has 3 N–H and O–H groups in total. The normalized spacial score (nSPS) is 10.3. The first-order valence-corrected chi connectivity index (χ1v) is 4.32. The summed E-state index contributed by atoms with van der Waals surface area (Å²) >= 11 is 4.93. The van der Waals surface area contributed by atoms with Crippen LogP contribution in [0.5, 0.6) is 0 Å². The van der Waals surface area contributed by atoms with Crippen LogP contribution in [0.3, 0.4) is 0 Å². The van der Waals surface area contributed by atoms with Gasteiger partial charge in [0.25, 0.3) is 0 Å². The van der Waals surface area contributed by atoms with Gasteiger partial charge in [-0.05, 0) is 7.05 Å². The largest absolute Gasteiger partial charge is 0.382 e. The van der Waals surface area contributed by atoms with Crippen LogP contribution in [0.15, 0.2) is 0 Å². The fourth-order valence-electron chi connectivity index (χ4n) is 0.631. The van der Waals surface area contributed by atoms with Crippen molar-refractivity contribution in [3.05, 3.63) is 0 Å². The average molecular weight is 191 g/mol. The number of hydrogen-bond donors (Lipinski definition) is 3. The van der Waals surface area contributed by atoms with Crippen LogP contribution in [0.25, 0.3) is 0 Å². The highest BCUT2D eigenvalue weighted by atomic mass is 32.1. The summed E-state index contributed by atoms with van der Waals surface area (Å²) in [4.78, 5) is 2.62. The van der Waals surface area contributed by atoms with Crippen molar-refractivity contribution in [2.75, 3.05) is 40.5 Å². The van der Waals surface area contributed by atoms with Crippen molar-refractivity contribution in [2.24, 2.45) is 0 Å². The minimum Gasteiger partial charge on any atom is -0.382 e. The van der Waals surface area contributed by atoms with Crippen LogP contribution in [-0.2, 0) is 0 Å². The molecule has 0 spiro atoms. The first kappa shape index (κ1) is 11.8. The van der Waals surface area contributed by atoms with Crippen molar-refractivity contribution in [1.29, 1.82) is 0 Å². The lowest BCUT2D eigenvalue weighted by Crippen LogP contribution is -2.35. The Labute approximate surface area is 78.9 Å². The quantitative estimate of drug-likeness (QED) is 0.286. The molecule has 5 heteroatoms. The smallest absolute Gasteiger partial charge is 0.0954 e. The van der Waals surface area contributed by atoms with Crippen molar-refractivity contribution < 1.29 is 5.11 Å². The Morgan fingerprint density at radius 2 is 2.25 bits per heavy atom. The van der Waals surface area contributed by atoms with E-state index in [2.05, 4.69) is 10.6 Å². The zero-order chi connectivity index (χ0) is 9.40. The second kappa shape index (κ2) is 7.42. The number of hydrogen-bond acceptors (Lipinski definition) is 4. The summed E-state index contributed by atoms with van der Waals surface area (Å²) < 4.78 is 0.